The summed E-state index contributed by atoms with van der Waals surface area (Å²) < 4.78 is 0. The topological polar surface area (TPSA) is 99.1 Å². The van der Waals surface area contributed by atoms with Gasteiger partial charge in [-0.1, -0.05) is 91.5 Å². The van der Waals surface area contributed by atoms with Gasteiger partial charge in [0.05, 0.1) is 0 Å². The summed E-state index contributed by atoms with van der Waals surface area (Å²) in [5, 5.41) is 13.6. The Kier molecular flexibility index (Phi) is 11.2. The van der Waals surface area contributed by atoms with Crippen molar-refractivity contribution in [2.75, 3.05) is 6.61 Å². The monoisotopic (exact) mass is 717 g/mol. The maximum atomic E-state index is 13.3. The van der Waals surface area contributed by atoms with E-state index in [9.17, 15) is 9.90 Å². The van der Waals surface area contributed by atoms with Crippen LogP contribution in [-0.2, 0) is 12.8 Å². The second kappa shape index (κ2) is 14.3. The van der Waals surface area contributed by atoms with E-state index in [1.807, 2.05) is 78.9 Å². The van der Waals surface area contributed by atoms with Gasteiger partial charge in [0.1, 0.15) is 0 Å². The van der Waals surface area contributed by atoms with E-state index >= 15 is 0 Å². The summed E-state index contributed by atoms with van der Waals surface area (Å²) in [4.78, 5) is 13.3. The van der Waals surface area contributed by atoms with Gasteiger partial charge in [-0.3, -0.25) is 4.79 Å². The van der Waals surface area contributed by atoms with Gasteiger partial charge in [0.15, 0.2) is 0 Å². The first-order chi connectivity index (χ1) is 17.9. The molecule has 0 heterocycles. The van der Waals surface area contributed by atoms with E-state index in [1.165, 1.54) is 0 Å². The van der Waals surface area contributed by atoms with E-state index < -0.39 is 0 Å². The Balaban J connectivity index is 0.00000400. The summed E-state index contributed by atoms with van der Waals surface area (Å²) in [5.74, 6) is -0.395. The quantitative estimate of drug-likeness (QED) is 0.183. The third-order valence-corrected chi connectivity index (χ3v) is 6.56. The number of carbonyl (C=O) groups excluding carboxylic acids is 1. The molecular weight excluding hydrogens is 685 g/mol. The summed E-state index contributed by atoms with van der Waals surface area (Å²) in [6.45, 7) is 3.75. The average Bonchev–Trinajstić information content (AvgIpc) is 2.92. The fourth-order valence-electron chi connectivity index (χ4n) is 4.50. The fourth-order valence-corrected chi connectivity index (χ4v) is 4.50. The molecule has 191 valence electrons. The first-order valence-electron chi connectivity index (χ1n) is 12.3. The smallest absolute Gasteiger partial charge is 0.251 e. The SMILES string of the molecule is C=C(N)c1cccc(CC(CO)C(Cc2ccccc2)NC(=O)c2ccc(-c3cccc([NH-])c3)cc2)c1.[Ac]. The second-order valence-corrected chi connectivity index (χ2v) is 9.30. The Labute approximate surface area is 260 Å². The van der Waals surface area contributed by atoms with E-state index in [2.05, 4.69) is 11.9 Å². The van der Waals surface area contributed by atoms with Crippen molar-refractivity contribution in [1.29, 1.82) is 0 Å². The van der Waals surface area contributed by atoms with Crippen LogP contribution in [0, 0.1) is 50.0 Å². The van der Waals surface area contributed by atoms with Crippen LogP contribution in [0.3, 0.4) is 0 Å². The van der Waals surface area contributed by atoms with Crippen LogP contribution in [-0.4, -0.2) is 23.7 Å². The van der Waals surface area contributed by atoms with Crippen molar-refractivity contribution < 1.29 is 54.0 Å². The van der Waals surface area contributed by atoms with Crippen LogP contribution in [0.15, 0.2) is 110 Å². The van der Waals surface area contributed by atoms with Gasteiger partial charge < -0.3 is 21.9 Å². The molecule has 0 aliphatic carbocycles. The van der Waals surface area contributed by atoms with Gasteiger partial charge in [-0.2, -0.15) is 0 Å². The Morgan fingerprint density at radius 1 is 0.816 bits per heavy atom. The van der Waals surface area contributed by atoms with Crippen molar-refractivity contribution >= 4 is 17.3 Å². The standard InChI is InChI=1S/C32H32N3O2.Ac/c1-22(33)27-10-5-9-24(17-27)18-29(21-36)31(19-23-7-3-2-4-8-23)35-32(37)26-15-13-25(14-16-26)28-11-6-12-30(34)20-28;/h2-17,20,29,31,34,36H,1,18-19,21,33H2,(H,35,37);/q-1;. The molecule has 4 aromatic rings. The number of aliphatic hydroxyl groups excluding tert-OH is 1. The van der Waals surface area contributed by atoms with Gasteiger partial charge in [-0.05, 0) is 58.9 Å². The molecule has 0 aromatic heterocycles. The molecule has 0 aliphatic rings. The number of hydrogen-bond donors (Lipinski definition) is 3. The molecule has 1 amide bonds. The van der Waals surface area contributed by atoms with E-state index in [0.717, 1.165) is 27.8 Å². The van der Waals surface area contributed by atoms with Gasteiger partial charge in [0.25, 0.3) is 5.91 Å². The van der Waals surface area contributed by atoms with Crippen LogP contribution < -0.4 is 11.1 Å². The van der Waals surface area contributed by atoms with Gasteiger partial charge >= 0.3 is 0 Å². The number of rotatable bonds is 10. The van der Waals surface area contributed by atoms with E-state index in [0.29, 0.717) is 29.8 Å². The van der Waals surface area contributed by atoms with E-state index in [4.69, 9.17) is 11.5 Å². The predicted molar refractivity (Wildman–Crippen MR) is 151 cm³/mol. The zero-order chi connectivity index (χ0) is 26.2. The number of nitrogens with two attached hydrogens (primary N) is 1. The van der Waals surface area contributed by atoms with Crippen LogP contribution >= 0.6 is 0 Å². The molecule has 0 bridgehead atoms. The van der Waals surface area contributed by atoms with E-state index in [1.54, 1.807) is 24.3 Å². The predicted octanol–water partition coefficient (Wildman–Crippen LogP) is 6.16. The summed E-state index contributed by atoms with van der Waals surface area (Å²) in [7, 11) is 0. The second-order valence-electron chi connectivity index (χ2n) is 9.30. The minimum atomic E-state index is -0.288. The van der Waals surface area contributed by atoms with Gasteiger partial charge in [0, 0.05) is 73.9 Å². The average molecular weight is 718 g/mol. The zero-order valence-electron chi connectivity index (χ0n) is 21.3. The summed E-state index contributed by atoms with van der Waals surface area (Å²) in [6, 6.07) is 32.2. The van der Waals surface area contributed by atoms with Crippen LogP contribution in [0.5, 0.6) is 0 Å². The first kappa shape index (κ1) is 29.6. The maximum absolute atomic E-state index is 13.3. The molecule has 5 nitrogen and oxygen atoms in total. The number of nitrogens with one attached hydrogen (secondary N) is 2. The van der Waals surface area contributed by atoms with Crippen molar-refractivity contribution in [2.24, 2.45) is 11.7 Å². The largest absolute Gasteiger partial charge is 0.699 e. The minimum Gasteiger partial charge on any atom is -0.699 e. The molecule has 1 radical (unpaired) electrons. The first-order valence-corrected chi connectivity index (χ1v) is 12.3. The summed E-state index contributed by atoms with van der Waals surface area (Å²) >= 11 is 0. The molecule has 5 N–H and O–H groups in total. The van der Waals surface area contributed by atoms with Gasteiger partial charge in [-0.25, -0.2) is 0 Å². The Bertz CT molecular complexity index is 1360. The molecule has 0 saturated heterocycles. The van der Waals surface area contributed by atoms with E-state index in [-0.39, 0.29) is 68.5 Å². The van der Waals surface area contributed by atoms with Gasteiger partial charge in [-0.15, -0.1) is 5.69 Å². The summed E-state index contributed by atoms with van der Waals surface area (Å²) in [6.07, 6.45) is 1.17. The van der Waals surface area contributed by atoms with Crippen molar-refractivity contribution in [3.8, 4) is 11.1 Å². The van der Waals surface area contributed by atoms with Crippen LogP contribution in [0.4, 0.5) is 5.69 Å². The number of hydrogen-bond acceptors (Lipinski definition) is 3. The molecule has 4 aromatic carbocycles. The third-order valence-electron chi connectivity index (χ3n) is 6.56. The zero-order valence-corrected chi connectivity index (χ0v) is 26.1. The molecule has 0 fully saturated rings. The summed E-state index contributed by atoms with van der Waals surface area (Å²) in [5.41, 5.74) is 20.1. The molecule has 2 unspecified atom stereocenters. The maximum Gasteiger partial charge on any atom is 0.251 e. The normalized spacial score (nSPS) is 12.1. The van der Waals surface area contributed by atoms with Crippen LogP contribution in [0.25, 0.3) is 22.6 Å². The Morgan fingerprint density at radius 2 is 1.50 bits per heavy atom. The van der Waals surface area contributed by atoms with Crippen molar-refractivity contribution in [1.82, 2.24) is 5.32 Å². The Hall–Kier alpha value is -2.91. The van der Waals surface area contributed by atoms with Crippen molar-refractivity contribution in [2.45, 2.75) is 18.9 Å². The number of carbonyl (C=O) groups is 1. The Morgan fingerprint density at radius 3 is 2.16 bits per heavy atom. The van der Waals surface area contributed by atoms with Crippen LogP contribution in [0.1, 0.15) is 27.0 Å². The number of amides is 1. The minimum absolute atomic E-state index is 0. The number of benzene rings is 4. The molecular formula is C32H32AcN3O2-. The number of aliphatic hydroxyl groups is 1. The molecule has 4 rings (SSSR count). The van der Waals surface area contributed by atoms with Gasteiger partial charge in [0.2, 0.25) is 0 Å². The molecule has 2 atom stereocenters. The fraction of sp³-hybridized carbons (Fsp3) is 0.156. The molecule has 38 heavy (non-hydrogen) atoms. The van der Waals surface area contributed by atoms with Crippen molar-refractivity contribution in [3.63, 3.8) is 0 Å². The third kappa shape index (κ3) is 8.04. The molecule has 6 heteroatoms. The van der Waals surface area contributed by atoms with Crippen LogP contribution in [0.2, 0.25) is 0 Å². The van der Waals surface area contributed by atoms with Crippen molar-refractivity contribution in [3.05, 3.63) is 138 Å². The molecule has 0 aliphatic heterocycles. The molecule has 0 saturated carbocycles. The molecule has 0 spiro atoms.